The van der Waals surface area contributed by atoms with Crippen molar-refractivity contribution in [1.82, 2.24) is 4.98 Å². The molecule has 0 fully saturated rings. The number of pyridine rings is 1. The van der Waals surface area contributed by atoms with Crippen LogP contribution in [0.1, 0.15) is 28.4 Å². The third kappa shape index (κ3) is 3.36. The van der Waals surface area contributed by atoms with E-state index in [9.17, 15) is 13.2 Å². The number of aromatic nitrogens is 1. The molecule has 1 aromatic heterocycles. The van der Waals surface area contributed by atoms with E-state index in [0.29, 0.717) is 12.0 Å². The Morgan fingerprint density at radius 2 is 1.95 bits per heavy atom. The van der Waals surface area contributed by atoms with Gasteiger partial charge in [-0.3, -0.25) is 4.98 Å². The van der Waals surface area contributed by atoms with Gasteiger partial charge >= 0.3 is 6.18 Å². The Hall–Kier alpha value is -1.88. The van der Waals surface area contributed by atoms with E-state index in [1.165, 1.54) is 6.07 Å². The minimum Gasteiger partial charge on any atom is -0.324 e. The first-order valence-corrected chi connectivity index (χ1v) is 6.21. The Morgan fingerprint density at radius 3 is 2.60 bits per heavy atom. The molecule has 1 aromatic carbocycles. The highest BCUT2D eigenvalue weighted by Crippen LogP contribution is 2.30. The van der Waals surface area contributed by atoms with Crippen molar-refractivity contribution in [1.29, 1.82) is 0 Å². The fourth-order valence-corrected chi connectivity index (χ4v) is 2.00. The van der Waals surface area contributed by atoms with Crippen molar-refractivity contribution in [3.63, 3.8) is 0 Å². The van der Waals surface area contributed by atoms with Gasteiger partial charge in [-0.1, -0.05) is 18.2 Å². The number of nitrogens with two attached hydrogens (primary N) is 1. The Labute approximate surface area is 115 Å². The van der Waals surface area contributed by atoms with Crippen molar-refractivity contribution in [2.75, 3.05) is 0 Å². The van der Waals surface area contributed by atoms with E-state index in [1.54, 1.807) is 12.3 Å². The quantitative estimate of drug-likeness (QED) is 0.932. The lowest BCUT2D eigenvalue weighted by Gasteiger charge is -2.15. The minimum atomic E-state index is -4.35. The molecule has 1 heterocycles. The molecule has 2 N–H and O–H groups in total. The van der Waals surface area contributed by atoms with Crippen LogP contribution in [-0.2, 0) is 12.6 Å². The summed E-state index contributed by atoms with van der Waals surface area (Å²) in [7, 11) is 0. The normalized spacial score (nSPS) is 13.2. The molecule has 0 amide bonds. The van der Waals surface area contributed by atoms with E-state index >= 15 is 0 Å². The van der Waals surface area contributed by atoms with E-state index in [-0.39, 0.29) is 0 Å². The standard InChI is InChI=1S/C15H15F3N2/c1-10-4-3-7-20-14(10)9-13(19)11-5-2-6-12(8-11)15(16,17)18/h2-8,13H,9,19H2,1H3. The zero-order valence-electron chi connectivity index (χ0n) is 11.0. The molecule has 106 valence electrons. The Bertz CT molecular complexity index is 594. The van der Waals surface area contributed by atoms with Crippen molar-refractivity contribution in [2.24, 2.45) is 5.73 Å². The molecule has 0 radical (unpaired) electrons. The van der Waals surface area contributed by atoms with Gasteiger partial charge in [-0.05, 0) is 36.2 Å². The average Bonchev–Trinajstić information content (AvgIpc) is 2.40. The van der Waals surface area contributed by atoms with Crippen molar-refractivity contribution >= 4 is 0 Å². The average molecular weight is 280 g/mol. The van der Waals surface area contributed by atoms with Crippen LogP contribution in [0.3, 0.4) is 0 Å². The number of aryl methyl sites for hydroxylation is 1. The van der Waals surface area contributed by atoms with E-state index in [1.807, 2.05) is 19.1 Å². The van der Waals surface area contributed by atoms with Gasteiger partial charge in [-0.2, -0.15) is 13.2 Å². The molecule has 0 aliphatic heterocycles. The van der Waals surface area contributed by atoms with Gasteiger partial charge in [0.05, 0.1) is 5.56 Å². The first-order valence-electron chi connectivity index (χ1n) is 6.21. The number of hydrogen-bond donors (Lipinski definition) is 1. The van der Waals surface area contributed by atoms with Gasteiger partial charge in [0.25, 0.3) is 0 Å². The molecule has 0 aliphatic carbocycles. The first-order chi connectivity index (χ1) is 9.38. The molecule has 0 aliphatic rings. The van der Waals surface area contributed by atoms with Crippen molar-refractivity contribution in [2.45, 2.75) is 25.6 Å². The highest BCUT2D eigenvalue weighted by atomic mass is 19.4. The largest absolute Gasteiger partial charge is 0.416 e. The zero-order chi connectivity index (χ0) is 14.8. The third-order valence-corrected chi connectivity index (χ3v) is 3.17. The lowest BCUT2D eigenvalue weighted by Crippen LogP contribution is -2.16. The molecule has 20 heavy (non-hydrogen) atoms. The van der Waals surface area contributed by atoms with Crippen LogP contribution in [0.2, 0.25) is 0 Å². The van der Waals surface area contributed by atoms with Crippen LogP contribution < -0.4 is 5.73 Å². The Morgan fingerprint density at radius 1 is 1.20 bits per heavy atom. The molecule has 2 nitrogen and oxygen atoms in total. The second kappa shape index (κ2) is 5.63. The molecule has 1 unspecified atom stereocenters. The van der Waals surface area contributed by atoms with Gasteiger partial charge in [-0.15, -0.1) is 0 Å². The predicted octanol–water partition coefficient (Wildman–Crippen LogP) is 3.65. The number of hydrogen-bond acceptors (Lipinski definition) is 2. The number of nitrogens with zero attached hydrogens (tertiary/aromatic N) is 1. The summed E-state index contributed by atoms with van der Waals surface area (Å²) in [6.07, 6.45) is -2.29. The first kappa shape index (κ1) is 14.5. The van der Waals surface area contributed by atoms with Crippen molar-refractivity contribution in [3.8, 4) is 0 Å². The van der Waals surface area contributed by atoms with Crippen molar-refractivity contribution in [3.05, 3.63) is 65.0 Å². The molecule has 1 atom stereocenters. The van der Waals surface area contributed by atoms with Gasteiger partial charge < -0.3 is 5.73 Å². The highest BCUT2D eigenvalue weighted by Gasteiger charge is 2.30. The number of benzene rings is 1. The zero-order valence-corrected chi connectivity index (χ0v) is 11.0. The summed E-state index contributed by atoms with van der Waals surface area (Å²) in [6.45, 7) is 1.90. The summed E-state index contributed by atoms with van der Waals surface area (Å²) >= 11 is 0. The van der Waals surface area contributed by atoms with Gasteiger partial charge in [0.1, 0.15) is 0 Å². The maximum atomic E-state index is 12.7. The summed E-state index contributed by atoms with van der Waals surface area (Å²) in [5.74, 6) is 0. The van der Waals surface area contributed by atoms with Crippen LogP contribution in [0.25, 0.3) is 0 Å². The third-order valence-electron chi connectivity index (χ3n) is 3.17. The van der Waals surface area contributed by atoms with Crippen molar-refractivity contribution < 1.29 is 13.2 Å². The van der Waals surface area contributed by atoms with Crippen LogP contribution in [-0.4, -0.2) is 4.98 Å². The molecule has 0 saturated carbocycles. The van der Waals surface area contributed by atoms with Crippen LogP contribution in [0, 0.1) is 6.92 Å². The molecule has 0 bridgehead atoms. The lowest BCUT2D eigenvalue weighted by atomic mass is 9.99. The summed E-state index contributed by atoms with van der Waals surface area (Å²) in [4.78, 5) is 4.21. The SMILES string of the molecule is Cc1cccnc1CC(N)c1cccc(C(F)(F)F)c1. The van der Waals surface area contributed by atoms with E-state index < -0.39 is 17.8 Å². The number of rotatable bonds is 3. The van der Waals surface area contributed by atoms with E-state index in [0.717, 1.165) is 23.4 Å². The van der Waals surface area contributed by atoms with Gasteiger partial charge in [0, 0.05) is 24.4 Å². The Kier molecular flexibility index (Phi) is 4.09. The fraction of sp³-hybridized carbons (Fsp3) is 0.267. The Balaban J connectivity index is 2.22. The molecule has 2 aromatic rings. The monoisotopic (exact) mass is 280 g/mol. The number of alkyl halides is 3. The number of halogens is 3. The predicted molar refractivity (Wildman–Crippen MR) is 71.1 cm³/mol. The second-order valence-corrected chi connectivity index (χ2v) is 4.70. The van der Waals surface area contributed by atoms with E-state index in [2.05, 4.69) is 4.98 Å². The second-order valence-electron chi connectivity index (χ2n) is 4.70. The van der Waals surface area contributed by atoms with Crippen LogP contribution >= 0.6 is 0 Å². The highest BCUT2D eigenvalue weighted by molar-refractivity contribution is 5.29. The van der Waals surface area contributed by atoms with Gasteiger partial charge in [-0.25, -0.2) is 0 Å². The maximum Gasteiger partial charge on any atom is 0.416 e. The summed E-state index contributed by atoms with van der Waals surface area (Å²) in [5, 5.41) is 0. The molecule has 0 spiro atoms. The minimum absolute atomic E-state index is 0.411. The summed E-state index contributed by atoms with van der Waals surface area (Å²) < 4.78 is 38.0. The smallest absolute Gasteiger partial charge is 0.324 e. The van der Waals surface area contributed by atoms with Crippen LogP contribution in [0.4, 0.5) is 13.2 Å². The fourth-order valence-electron chi connectivity index (χ4n) is 2.00. The van der Waals surface area contributed by atoms with Crippen LogP contribution in [0.15, 0.2) is 42.6 Å². The van der Waals surface area contributed by atoms with Gasteiger partial charge in [0.15, 0.2) is 0 Å². The lowest BCUT2D eigenvalue weighted by molar-refractivity contribution is -0.137. The maximum absolute atomic E-state index is 12.7. The summed E-state index contributed by atoms with van der Waals surface area (Å²) in [6, 6.07) is 8.34. The molecular weight excluding hydrogens is 265 g/mol. The molecule has 0 saturated heterocycles. The summed E-state index contributed by atoms with van der Waals surface area (Å²) in [5.41, 5.74) is 7.57. The van der Waals surface area contributed by atoms with E-state index in [4.69, 9.17) is 5.73 Å². The topological polar surface area (TPSA) is 38.9 Å². The molecule has 2 rings (SSSR count). The van der Waals surface area contributed by atoms with Gasteiger partial charge in [0.2, 0.25) is 0 Å². The van der Waals surface area contributed by atoms with Crippen LogP contribution in [0.5, 0.6) is 0 Å². The molecular formula is C15H15F3N2. The molecule has 5 heteroatoms.